The molecule has 0 radical (unpaired) electrons. The zero-order valence-corrected chi connectivity index (χ0v) is 10.4. The van der Waals surface area contributed by atoms with Crippen molar-refractivity contribution in [3.05, 3.63) is 0 Å². The van der Waals surface area contributed by atoms with Crippen LogP contribution in [0.25, 0.3) is 0 Å². The number of nitrogens with one attached hydrogen (secondary N) is 1. The molecule has 0 spiro atoms. The fourth-order valence-electron chi connectivity index (χ4n) is 2.64. The molecule has 1 N–H and O–H groups in total. The average molecular weight is 211 g/mol. The number of amides is 1. The van der Waals surface area contributed by atoms with Gasteiger partial charge in [0, 0.05) is 12.5 Å². The first kappa shape index (κ1) is 12.5. The number of hydrogen-bond acceptors (Lipinski definition) is 1. The fraction of sp³-hybridized carbons (Fsp3) is 0.923. The van der Waals surface area contributed by atoms with Crippen molar-refractivity contribution in [1.29, 1.82) is 0 Å². The highest BCUT2D eigenvalue weighted by atomic mass is 16.1. The van der Waals surface area contributed by atoms with E-state index in [-0.39, 0.29) is 5.91 Å². The highest BCUT2D eigenvalue weighted by Gasteiger charge is 2.28. The van der Waals surface area contributed by atoms with Crippen LogP contribution in [0, 0.1) is 11.8 Å². The highest BCUT2D eigenvalue weighted by molar-refractivity contribution is 5.76. The first-order valence-corrected chi connectivity index (χ1v) is 6.44. The van der Waals surface area contributed by atoms with Gasteiger partial charge in [0.1, 0.15) is 0 Å². The Hall–Kier alpha value is -0.530. The van der Waals surface area contributed by atoms with E-state index >= 15 is 0 Å². The molecule has 15 heavy (non-hydrogen) atoms. The Morgan fingerprint density at radius 2 is 2.00 bits per heavy atom. The molecule has 1 saturated carbocycles. The molecule has 2 atom stereocenters. The van der Waals surface area contributed by atoms with Crippen molar-refractivity contribution < 1.29 is 4.79 Å². The summed E-state index contributed by atoms with van der Waals surface area (Å²) in [5, 5.41) is 3.21. The van der Waals surface area contributed by atoms with Gasteiger partial charge in [0.25, 0.3) is 0 Å². The van der Waals surface area contributed by atoms with Gasteiger partial charge in [-0.25, -0.2) is 0 Å². The number of carbonyl (C=O) groups is 1. The highest BCUT2D eigenvalue weighted by Crippen LogP contribution is 2.30. The number of carbonyl (C=O) groups excluding carboxylic acids is 1. The molecule has 0 saturated heterocycles. The second-order valence-corrected chi connectivity index (χ2v) is 5.12. The van der Waals surface area contributed by atoms with Crippen molar-refractivity contribution in [1.82, 2.24) is 5.32 Å². The van der Waals surface area contributed by atoms with Gasteiger partial charge in [-0.2, -0.15) is 0 Å². The van der Waals surface area contributed by atoms with E-state index in [1.54, 1.807) is 0 Å². The van der Waals surface area contributed by atoms with Gasteiger partial charge in [0.2, 0.25) is 5.91 Å². The van der Waals surface area contributed by atoms with Gasteiger partial charge in [0.15, 0.2) is 0 Å². The Balaban J connectivity index is 2.45. The summed E-state index contributed by atoms with van der Waals surface area (Å²) in [7, 11) is 0. The lowest BCUT2D eigenvalue weighted by atomic mass is 9.78. The molecule has 2 unspecified atom stereocenters. The Labute approximate surface area is 93.8 Å². The van der Waals surface area contributed by atoms with Crippen LogP contribution in [0.2, 0.25) is 0 Å². The van der Waals surface area contributed by atoms with Crippen molar-refractivity contribution >= 4 is 5.91 Å². The van der Waals surface area contributed by atoms with Crippen LogP contribution in [-0.2, 0) is 4.79 Å². The average Bonchev–Trinajstić information content (AvgIpc) is 2.18. The fourth-order valence-corrected chi connectivity index (χ4v) is 2.64. The molecule has 1 fully saturated rings. The van der Waals surface area contributed by atoms with Gasteiger partial charge in [-0.1, -0.05) is 33.6 Å². The molecule has 0 aliphatic heterocycles. The summed E-state index contributed by atoms with van der Waals surface area (Å²) < 4.78 is 0. The van der Waals surface area contributed by atoms with Gasteiger partial charge in [0.05, 0.1) is 0 Å². The molecule has 0 aromatic heterocycles. The normalized spacial score (nSPS) is 26.7. The van der Waals surface area contributed by atoms with Gasteiger partial charge >= 0.3 is 0 Å². The van der Waals surface area contributed by atoms with Crippen LogP contribution in [0.3, 0.4) is 0 Å². The molecule has 1 aliphatic rings. The Kier molecular flexibility index (Phi) is 5.13. The Morgan fingerprint density at radius 3 is 2.60 bits per heavy atom. The van der Waals surface area contributed by atoms with E-state index in [0.29, 0.717) is 24.3 Å². The van der Waals surface area contributed by atoms with E-state index in [4.69, 9.17) is 0 Å². The maximum absolute atomic E-state index is 11.6. The predicted molar refractivity (Wildman–Crippen MR) is 63.6 cm³/mol. The van der Waals surface area contributed by atoms with Gasteiger partial charge in [-0.15, -0.1) is 0 Å². The van der Waals surface area contributed by atoms with E-state index in [1.807, 2.05) is 0 Å². The van der Waals surface area contributed by atoms with Gasteiger partial charge < -0.3 is 5.32 Å². The molecule has 0 bridgehead atoms. The van der Waals surface area contributed by atoms with Crippen LogP contribution in [0.15, 0.2) is 0 Å². The monoisotopic (exact) mass is 211 g/mol. The minimum Gasteiger partial charge on any atom is -0.353 e. The Bertz CT molecular complexity index is 201. The summed E-state index contributed by atoms with van der Waals surface area (Å²) in [4.78, 5) is 11.6. The summed E-state index contributed by atoms with van der Waals surface area (Å²) in [5.41, 5.74) is 0. The second-order valence-electron chi connectivity index (χ2n) is 5.12. The predicted octanol–water partition coefficient (Wildman–Crippen LogP) is 3.12. The van der Waals surface area contributed by atoms with E-state index in [9.17, 15) is 4.79 Å². The van der Waals surface area contributed by atoms with Crippen LogP contribution in [0.5, 0.6) is 0 Å². The molecule has 2 heteroatoms. The summed E-state index contributed by atoms with van der Waals surface area (Å²) in [6.07, 6.45) is 6.71. The smallest absolute Gasteiger partial charge is 0.220 e. The van der Waals surface area contributed by atoms with E-state index in [1.165, 1.54) is 25.7 Å². The van der Waals surface area contributed by atoms with Crippen molar-refractivity contribution in [2.45, 2.75) is 65.3 Å². The van der Waals surface area contributed by atoms with Crippen LogP contribution in [0.4, 0.5) is 0 Å². The van der Waals surface area contributed by atoms with E-state index in [0.717, 1.165) is 6.42 Å². The van der Waals surface area contributed by atoms with Crippen LogP contribution in [0.1, 0.15) is 59.3 Å². The molecule has 1 aliphatic carbocycles. The zero-order valence-electron chi connectivity index (χ0n) is 10.4. The molecule has 0 aromatic carbocycles. The summed E-state index contributed by atoms with van der Waals surface area (Å²) in [6, 6.07) is 0.442. The molecular formula is C13H25NO. The lowest BCUT2D eigenvalue weighted by Crippen LogP contribution is -2.43. The summed E-state index contributed by atoms with van der Waals surface area (Å²) >= 11 is 0. The maximum atomic E-state index is 11.6. The first-order chi connectivity index (χ1) is 7.15. The molecular weight excluding hydrogens is 186 g/mol. The third-order valence-corrected chi connectivity index (χ3v) is 3.50. The Morgan fingerprint density at radius 1 is 1.33 bits per heavy atom. The lowest BCUT2D eigenvalue weighted by molar-refractivity contribution is -0.122. The second kappa shape index (κ2) is 6.14. The van der Waals surface area contributed by atoms with Crippen LogP contribution >= 0.6 is 0 Å². The van der Waals surface area contributed by atoms with Crippen molar-refractivity contribution in [3.63, 3.8) is 0 Å². The SMILES string of the molecule is CCCC(=O)NC1CCCCC1C(C)C. The van der Waals surface area contributed by atoms with Gasteiger partial charge in [-0.3, -0.25) is 4.79 Å². The summed E-state index contributed by atoms with van der Waals surface area (Å²) in [6.45, 7) is 6.60. The first-order valence-electron chi connectivity index (χ1n) is 6.44. The van der Waals surface area contributed by atoms with Gasteiger partial charge in [-0.05, 0) is 31.1 Å². The minimum absolute atomic E-state index is 0.245. The van der Waals surface area contributed by atoms with Crippen molar-refractivity contribution in [2.75, 3.05) is 0 Å². The topological polar surface area (TPSA) is 29.1 Å². The third kappa shape index (κ3) is 3.84. The molecule has 88 valence electrons. The largest absolute Gasteiger partial charge is 0.353 e. The quantitative estimate of drug-likeness (QED) is 0.760. The van der Waals surface area contributed by atoms with Crippen molar-refractivity contribution in [2.24, 2.45) is 11.8 Å². The molecule has 0 heterocycles. The molecule has 2 nitrogen and oxygen atoms in total. The molecule has 0 aromatic rings. The standard InChI is InChI=1S/C13H25NO/c1-4-7-13(15)14-12-9-6-5-8-11(12)10(2)3/h10-12H,4-9H2,1-3H3,(H,14,15). The van der Waals surface area contributed by atoms with Crippen molar-refractivity contribution in [3.8, 4) is 0 Å². The zero-order chi connectivity index (χ0) is 11.3. The van der Waals surface area contributed by atoms with E-state index < -0.39 is 0 Å². The third-order valence-electron chi connectivity index (χ3n) is 3.50. The number of rotatable bonds is 4. The molecule has 1 rings (SSSR count). The lowest BCUT2D eigenvalue weighted by Gasteiger charge is -2.34. The number of hydrogen-bond donors (Lipinski definition) is 1. The maximum Gasteiger partial charge on any atom is 0.220 e. The van der Waals surface area contributed by atoms with Crippen LogP contribution in [-0.4, -0.2) is 11.9 Å². The molecule has 1 amide bonds. The summed E-state index contributed by atoms with van der Waals surface area (Å²) in [5.74, 6) is 1.63. The van der Waals surface area contributed by atoms with Crippen LogP contribution < -0.4 is 5.32 Å². The van der Waals surface area contributed by atoms with E-state index in [2.05, 4.69) is 26.1 Å². The minimum atomic E-state index is 0.245.